The molecule has 0 unspecified atom stereocenters. The maximum atomic E-state index is 5.87. The first-order valence-corrected chi connectivity index (χ1v) is 8.89. The maximum absolute atomic E-state index is 5.87. The van der Waals surface area contributed by atoms with E-state index in [0.29, 0.717) is 12.6 Å². The summed E-state index contributed by atoms with van der Waals surface area (Å²) >= 11 is 8.80. The molecule has 2 nitrogen and oxygen atoms in total. The molecule has 108 valence electrons. The van der Waals surface area contributed by atoms with E-state index < -0.39 is 0 Å². The monoisotopic (exact) mass is 417 g/mol. The summed E-state index contributed by atoms with van der Waals surface area (Å²) in [6.45, 7) is 5.71. The fourth-order valence-electron chi connectivity index (χ4n) is 1.67. The van der Waals surface area contributed by atoms with Gasteiger partial charge in [0, 0.05) is 21.5 Å². The number of ether oxygens (including phenoxy) is 1. The average Bonchev–Trinajstić information content (AvgIpc) is 2.81. The number of nitrogens with one attached hydrogen (secondary N) is 1. The summed E-state index contributed by atoms with van der Waals surface area (Å²) in [6.07, 6.45) is 0. The molecule has 1 heterocycles. The van der Waals surface area contributed by atoms with Crippen LogP contribution in [0.2, 0.25) is 0 Å². The second-order valence-corrected chi connectivity index (χ2v) is 7.48. The minimum atomic E-state index is 0.466. The van der Waals surface area contributed by atoms with Crippen molar-refractivity contribution in [3.63, 3.8) is 0 Å². The van der Waals surface area contributed by atoms with Gasteiger partial charge in [0.2, 0.25) is 0 Å². The van der Waals surface area contributed by atoms with E-state index in [1.54, 1.807) is 11.3 Å². The fraction of sp³-hybridized carbons (Fsp3) is 0.333. The zero-order chi connectivity index (χ0) is 14.5. The first kappa shape index (κ1) is 16.0. The van der Waals surface area contributed by atoms with Crippen molar-refractivity contribution in [2.45, 2.75) is 33.0 Å². The number of halogens is 2. The third-order valence-electron chi connectivity index (χ3n) is 2.78. The lowest BCUT2D eigenvalue weighted by Crippen LogP contribution is -2.22. The Labute approximate surface area is 140 Å². The number of hydrogen-bond acceptors (Lipinski definition) is 3. The summed E-state index contributed by atoms with van der Waals surface area (Å²) in [5.74, 6) is 0.897. The molecular formula is C15H17Br2NOS. The van der Waals surface area contributed by atoms with Crippen molar-refractivity contribution in [1.29, 1.82) is 0 Å². The molecule has 0 fully saturated rings. The van der Waals surface area contributed by atoms with Gasteiger partial charge in [-0.3, -0.25) is 0 Å². The number of benzene rings is 1. The van der Waals surface area contributed by atoms with Crippen LogP contribution in [0, 0.1) is 0 Å². The van der Waals surface area contributed by atoms with Crippen LogP contribution in [0.5, 0.6) is 5.75 Å². The van der Waals surface area contributed by atoms with E-state index in [1.165, 1.54) is 10.4 Å². The van der Waals surface area contributed by atoms with E-state index >= 15 is 0 Å². The summed E-state index contributed by atoms with van der Waals surface area (Å²) in [7, 11) is 0. The Kier molecular flexibility index (Phi) is 6.08. The van der Waals surface area contributed by atoms with Crippen molar-refractivity contribution in [3.8, 4) is 5.75 Å². The second kappa shape index (κ2) is 7.59. The van der Waals surface area contributed by atoms with Crippen LogP contribution in [0.15, 0.2) is 38.6 Å². The van der Waals surface area contributed by atoms with Crippen molar-refractivity contribution in [1.82, 2.24) is 5.32 Å². The van der Waals surface area contributed by atoms with Crippen LogP contribution in [0.4, 0.5) is 0 Å². The topological polar surface area (TPSA) is 21.3 Å². The van der Waals surface area contributed by atoms with E-state index in [-0.39, 0.29) is 0 Å². The van der Waals surface area contributed by atoms with Crippen LogP contribution in [0.1, 0.15) is 24.3 Å². The van der Waals surface area contributed by atoms with Crippen LogP contribution in [0.3, 0.4) is 0 Å². The van der Waals surface area contributed by atoms with Crippen LogP contribution < -0.4 is 10.1 Å². The maximum Gasteiger partial charge on any atom is 0.124 e. The van der Waals surface area contributed by atoms with Crippen molar-refractivity contribution in [2.75, 3.05) is 0 Å². The minimum Gasteiger partial charge on any atom is -0.488 e. The predicted molar refractivity (Wildman–Crippen MR) is 92.5 cm³/mol. The standard InChI is InChI=1S/C15H17Br2NOS/c1-10(2)18-8-11-7-12(3-4-13(11)16)19-9-15-14(17)5-6-20-15/h3-7,10,18H,8-9H2,1-2H3. The lowest BCUT2D eigenvalue weighted by molar-refractivity contribution is 0.308. The molecule has 2 rings (SSSR count). The molecule has 2 aromatic rings. The minimum absolute atomic E-state index is 0.466. The molecular weight excluding hydrogens is 402 g/mol. The molecule has 0 spiro atoms. The van der Waals surface area contributed by atoms with E-state index in [1.807, 2.05) is 18.2 Å². The molecule has 1 aromatic carbocycles. The van der Waals surface area contributed by atoms with Crippen LogP contribution in [-0.4, -0.2) is 6.04 Å². The zero-order valence-electron chi connectivity index (χ0n) is 11.5. The number of hydrogen-bond donors (Lipinski definition) is 1. The highest BCUT2D eigenvalue weighted by Gasteiger charge is 2.06. The van der Waals surface area contributed by atoms with Gasteiger partial charge in [0.05, 0.1) is 4.88 Å². The third-order valence-corrected chi connectivity index (χ3v) is 5.45. The first-order chi connectivity index (χ1) is 9.56. The van der Waals surface area contributed by atoms with Crippen LogP contribution >= 0.6 is 43.2 Å². The third kappa shape index (κ3) is 4.58. The van der Waals surface area contributed by atoms with Gasteiger partial charge in [0.15, 0.2) is 0 Å². The molecule has 0 radical (unpaired) electrons. The molecule has 0 aliphatic carbocycles. The highest BCUT2D eigenvalue weighted by atomic mass is 79.9. The molecule has 0 amide bonds. The van der Waals surface area contributed by atoms with Gasteiger partial charge in [-0.05, 0) is 51.1 Å². The normalized spacial score (nSPS) is 11.1. The number of rotatable bonds is 6. The molecule has 0 aliphatic rings. The fourth-order valence-corrected chi connectivity index (χ4v) is 3.43. The summed E-state index contributed by atoms with van der Waals surface area (Å²) in [5, 5.41) is 5.48. The Balaban J connectivity index is 2.01. The molecule has 1 aromatic heterocycles. The summed E-state index contributed by atoms with van der Waals surface area (Å²) in [4.78, 5) is 1.20. The van der Waals surface area contributed by atoms with Gasteiger partial charge in [0.25, 0.3) is 0 Å². The molecule has 5 heteroatoms. The molecule has 0 bridgehead atoms. The lowest BCUT2D eigenvalue weighted by atomic mass is 10.2. The summed E-state index contributed by atoms with van der Waals surface area (Å²) in [6, 6.07) is 8.62. The van der Waals surface area contributed by atoms with Gasteiger partial charge in [0.1, 0.15) is 12.4 Å². The van der Waals surface area contributed by atoms with Crippen molar-refractivity contribution >= 4 is 43.2 Å². The van der Waals surface area contributed by atoms with Gasteiger partial charge < -0.3 is 10.1 Å². The SMILES string of the molecule is CC(C)NCc1cc(OCc2sccc2Br)ccc1Br. The Morgan fingerprint density at radius 3 is 2.65 bits per heavy atom. The quantitative estimate of drug-likeness (QED) is 0.682. The Hall–Kier alpha value is -0.360. The molecule has 0 saturated carbocycles. The highest BCUT2D eigenvalue weighted by Crippen LogP contribution is 2.26. The largest absolute Gasteiger partial charge is 0.488 e. The average molecular weight is 419 g/mol. The zero-order valence-corrected chi connectivity index (χ0v) is 15.4. The van der Waals surface area contributed by atoms with Gasteiger partial charge in [-0.2, -0.15) is 0 Å². The Bertz CT molecular complexity index is 569. The van der Waals surface area contributed by atoms with Crippen LogP contribution in [0.25, 0.3) is 0 Å². The van der Waals surface area contributed by atoms with Gasteiger partial charge in [-0.25, -0.2) is 0 Å². The predicted octanol–water partition coefficient (Wildman–Crippen LogP) is 5.35. The van der Waals surface area contributed by atoms with E-state index in [0.717, 1.165) is 21.2 Å². The first-order valence-electron chi connectivity index (χ1n) is 6.42. The second-order valence-electron chi connectivity index (χ2n) is 4.77. The molecule has 20 heavy (non-hydrogen) atoms. The Morgan fingerprint density at radius 1 is 1.20 bits per heavy atom. The van der Waals surface area contributed by atoms with E-state index in [9.17, 15) is 0 Å². The van der Waals surface area contributed by atoms with Gasteiger partial charge >= 0.3 is 0 Å². The van der Waals surface area contributed by atoms with Gasteiger partial charge in [-0.1, -0.05) is 29.8 Å². The van der Waals surface area contributed by atoms with E-state index in [2.05, 4.69) is 62.5 Å². The lowest BCUT2D eigenvalue weighted by Gasteiger charge is -2.12. The van der Waals surface area contributed by atoms with Crippen LogP contribution in [-0.2, 0) is 13.2 Å². The molecule has 1 N–H and O–H groups in total. The molecule has 0 aliphatic heterocycles. The van der Waals surface area contributed by atoms with Crippen molar-refractivity contribution in [2.24, 2.45) is 0 Å². The smallest absolute Gasteiger partial charge is 0.124 e. The Morgan fingerprint density at radius 2 is 2.00 bits per heavy atom. The van der Waals surface area contributed by atoms with E-state index in [4.69, 9.17) is 4.74 Å². The highest BCUT2D eigenvalue weighted by molar-refractivity contribution is 9.10. The number of thiophene rings is 1. The summed E-state index contributed by atoms with van der Waals surface area (Å²) in [5.41, 5.74) is 1.21. The van der Waals surface area contributed by atoms with Crippen molar-refractivity contribution < 1.29 is 4.74 Å². The van der Waals surface area contributed by atoms with Crippen molar-refractivity contribution in [3.05, 3.63) is 49.0 Å². The molecule has 0 atom stereocenters. The summed E-state index contributed by atoms with van der Waals surface area (Å²) < 4.78 is 8.08. The molecule has 0 saturated heterocycles. The van der Waals surface area contributed by atoms with Gasteiger partial charge in [-0.15, -0.1) is 11.3 Å².